The van der Waals surface area contributed by atoms with Gasteiger partial charge in [-0.3, -0.25) is 14.2 Å². The molecule has 0 bridgehead atoms. The lowest BCUT2D eigenvalue weighted by Gasteiger charge is -2.10. The van der Waals surface area contributed by atoms with Crippen LogP contribution < -0.4 is 10.3 Å². The number of carbonyl (C=O) groups excluding carboxylic acids is 1. The molecule has 0 atom stereocenters. The summed E-state index contributed by atoms with van der Waals surface area (Å²) in [7, 11) is 0. The van der Waals surface area contributed by atoms with Crippen molar-refractivity contribution < 1.29 is 9.53 Å². The van der Waals surface area contributed by atoms with Crippen LogP contribution in [0.2, 0.25) is 0 Å². The number of carbonyl (C=O) groups is 1. The Bertz CT molecular complexity index is 984. The van der Waals surface area contributed by atoms with E-state index in [-0.39, 0.29) is 24.0 Å². The van der Waals surface area contributed by atoms with Crippen molar-refractivity contribution in [3.63, 3.8) is 0 Å². The van der Waals surface area contributed by atoms with Crippen LogP contribution in [0.1, 0.15) is 34.6 Å². The van der Waals surface area contributed by atoms with Crippen LogP contribution in [0.25, 0.3) is 10.2 Å². The van der Waals surface area contributed by atoms with Gasteiger partial charge in [0.15, 0.2) is 5.78 Å². The van der Waals surface area contributed by atoms with Gasteiger partial charge in [0.25, 0.3) is 5.56 Å². The summed E-state index contributed by atoms with van der Waals surface area (Å²) < 4.78 is 6.95. The molecule has 0 aliphatic carbocycles. The molecule has 3 rings (SSSR count). The lowest BCUT2D eigenvalue weighted by molar-refractivity contribution is 0.0970. The Kier molecular flexibility index (Phi) is 4.72. The number of benzene rings is 1. The van der Waals surface area contributed by atoms with Crippen molar-refractivity contribution in [1.82, 2.24) is 9.55 Å². The highest BCUT2D eigenvalue weighted by molar-refractivity contribution is 7.18. The van der Waals surface area contributed by atoms with Crippen LogP contribution in [-0.4, -0.2) is 21.4 Å². The van der Waals surface area contributed by atoms with Gasteiger partial charge in [0.05, 0.1) is 24.4 Å². The number of nitrogens with zero attached hydrogens (tertiary/aromatic N) is 2. The van der Waals surface area contributed by atoms with Crippen LogP contribution in [0, 0.1) is 13.8 Å². The second kappa shape index (κ2) is 6.80. The molecular weight excluding hydrogens is 336 g/mol. The number of hydrogen-bond donors (Lipinski definition) is 0. The van der Waals surface area contributed by atoms with Crippen molar-refractivity contribution in [2.24, 2.45) is 0 Å². The van der Waals surface area contributed by atoms with E-state index >= 15 is 0 Å². The predicted octanol–water partition coefficient (Wildman–Crippen LogP) is 3.74. The topological polar surface area (TPSA) is 61.2 Å². The minimum atomic E-state index is -0.167. The van der Waals surface area contributed by atoms with Crippen molar-refractivity contribution in [1.29, 1.82) is 0 Å². The summed E-state index contributed by atoms with van der Waals surface area (Å²) in [5.74, 6) is 0.583. The van der Waals surface area contributed by atoms with E-state index in [1.807, 2.05) is 27.7 Å². The van der Waals surface area contributed by atoms with Crippen LogP contribution in [-0.2, 0) is 6.54 Å². The first kappa shape index (κ1) is 17.4. The summed E-state index contributed by atoms with van der Waals surface area (Å²) in [5.41, 5.74) is 1.32. The fourth-order valence-corrected chi connectivity index (χ4v) is 3.61. The highest BCUT2D eigenvalue weighted by Gasteiger charge is 2.14. The average Bonchev–Trinajstić information content (AvgIpc) is 2.85. The molecule has 5 nitrogen and oxygen atoms in total. The lowest BCUT2D eigenvalue weighted by Crippen LogP contribution is -2.24. The Hall–Kier alpha value is -2.47. The number of Topliss-reactive ketones (excluding diaryl/α,β-unsaturated/α-hetero) is 1. The van der Waals surface area contributed by atoms with E-state index in [0.717, 1.165) is 21.0 Å². The smallest absolute Gasteiger partial charge is 0.262 e. The summed E-state index contributed by atoms with van der Waals surface area (Å²) in [6.07, 6.45) is 1.53. The number of aryl methyl sites for hydroxylation is 2. The van der Waals surface area contributed by atoms with Gasteiger partial charge < -0.3 is 4.74 Å². The van der Waals surface area contributed by atoms with E-state index < -0.39 is 0 Å². The van der Waals surface area contributed by atoms with Gasteiger partial charge in [-0.2, -0.15) is 0 Å². The summed E-state index contributed by atoms with van der Waals surface area (Å²) >= 11 is 1.50. The number of ether oxygens (including phenoxy) is 1. The normalized spacial score (nSPS) is 11.2. The monoisotopic (exact) mass is 356 g/mol. The number of thiophene rings is 1. The van der Waals surface area contributed by atoms with Gasteiger partial charge in [-0.05, 0) is 57.5 Å². The molecule has 0 fully saturated rings. The van der Waals surface area contributed by atoms with Crippen molar-refractivity contribution in [3.8, 4) is 5.75 Å². The Labute approximate surface area is 149 Å². The van der Waals surface area contributed by atoms with E-state index in [1.54, 1.807) is 24.3 Å². The fraction of sp³-hybridized carbons (Fsp3) is 0.316. The van der Waals surface area contributed by atoms with Gasteiger partial charge >= 0.3 is 0 Å². The molecule has 2 aromatic heterocycles. The number of rotatable bonds is 5. The van der Waals surface area contributed by atoms with Crippen LogP contribution in [0.3, 0.4) is 0 Å². The molecule has 0 spiro atoms. The van der Waals surface area contributed by atoms with Crippen molar-refractivity contribution in [2.45, 2.75) is 40.3 Å². The Morgan fingerprint density at radius 2 is 1.92 bits per heavy atom. The molecule has 0 radical (unpaired) electrons. The van der Waals surface area contributed by atoms with E-state index in [9.17, 15) is 9.59 Å². The lowest BCUT2D eigenvalue weighted by atomic mass is 10.1. The fourth-order valence-electron chi connectivity index (χ4n) is 2.62. The minimum absolute atomic E-state index is 0.0273. The first-order chi connectivity index (χ1) is 11.9. The van der Waals surface area contributed by atoms with E-state index in [2.05, 4.69) is 4.98 Å². The van der Waals surface area contributed by atoms with Gasteiger partial charge in [-0.25, -0.2) is 4.98 Å². The zero-order chi connectivity index (χ0) is 18.1. The molecule has 0 unspecified atom stereocenters. The quantitative estimate of drug-likeness (QED) is 0.653. The van der Waals surface area contributed by atoms with Crippen molar-refractivity contribution >= 4 is 27.3 Å². The summed E-state index contributed by atoms with van der Waals surface area (Å²) in [6, 6.07) is 6.97. The molecule has 6 heteroatoms. The first-order valence-electron chi connectivity index (χ1n) is 8.12. The van der Waals surface area contributed by atoms with Crippen LogP contribution in [0.4, 0.5) is 0 Å². The third kappa shape index (κ3) is 3.49. The molecule has 0 amide bonds. The average molecular weight is 356 g/mol. The summed E-state index contributed by atoms with van der Waals surface area (Å²) in [6.45, 7) is 7.75. The molecule has 0 saturated heterocycles. The van der Waals surface area contributed by atoms with Crippen molar-refractivity contribution in [2.75, 3.05) is 0 Å². The molecule has 0 aliphatic rings. The maximum Gasteiger partial charge on any atom is 0.262 e. The van der Waals surface area contributed by atoms with Crippen LogP contribution in [0.5, 0.6) is 5.75 Å². The SMILES string of the molecule is Cc1sc2ncn(CC(=O)c3ccc(OC(C)C)cc3)c(=O)c2c1C. The van der Waals surface area contributed by atoms with E-state index in [4.69, 9.17) is 4.74 Å². The van der Waals surface area contributed by atoms with Gasteiger partial charge in [0.2, 0.25) is 0 Å². The van der Waals surface area contributed by atoms with E-state index in [1.165, 1.54) is 22.2 Å². The summed E-state index contributed by atoms with van der Waals surface area (Å²) in [4.78, 5) is 31.3. The Balaban J connectivity index is 1.86. The highest BCUT2D eigenvalue weighted by atomic mass is 32.1. The number of hydrogen-bond acceptors (Lipinski definition) is 5. The number of aromatic nitrogens is 2. The number of ketones is 1. The molecule has 0 N–H and O–H groups in total. The second-order valence-corrected chi connectivity index (χ2v) is 7.46. The molecular formula is C19H20N2O3S. The minimum Gasteiger partial charge on any atom is -0.491 e. The van der Waals surface area contributed by atoms with Crippen LogP contribution in [0.15, 0.2) is 35.4 Å². The zero-order valence-electron chi connectivity index (χ0n) is 14.7. The highest BCUT2D eigenvalue weighted by Crippen LogP contribution is 2.25. The molecule has 0 saturated carbocycles. The van der Waals surface area contributed by atoms with E-state index in [0.29, 0.717) is 10.9 Å². The second-order valence-electron chi connectivity index (χ2n) is 6.26. The third-order valence-electron chi connectivity index (χ3n) is 4.02. The van der Waals surface area contributed by atoms with Crippen LogP contribution >= 0.6 is 11.3 Å². The van der Waals surface area contributed by atoms with Gasteiger partial charge in [0.1, 0.15) is 10.6 Å². The third-order valence-corrected chi connectivity index (χ3v) is 5.13. The van der Waals surface area contributed by atoms with Crippen molar-refractivity contribution in [3.05, 3.63) is 57.0 Å². The van der Waals surface area contributed by atoms with Gasteiger partial charge in [-0.1, -0.05) is 0 Å². The molecule has 2 heterocycles. The predicted molar refractivity (Wildman–Crippen MR) is 99.9 cm³/mol. The summed E-state index contributed by atoms with van der Waals surface area (Å²) in [5, 5.41) is 0.610. The number of fused-ring (bicyclic) bond motifs is 1. The molecule has 1 aromatic carbocycles. The Morgan fingerprint density at radius 1 is 1.24 bits per heavy atom. The Morgan fingerprint density at radius 3 is 2.56 bits per heavy atom. The molecule has 0 aliphatic heterocycles. The first-order valence-corrected chi connectivity index (χ1v) is 8.93. The largest absolute Gasteiger partial charge is 0.491 e. The van der Waals surface area contributed by atoms with Gasteiger partial charge in [-0.15, -0.1) is 11.3 Å². The maximum atomic E-state index is 12.7. The van der Waals surface area contributed by atoms with Gasteiger partial charge in [0, 0.05) is 10.4 Å². The standard InChI is InChI=1S/C19H20N2O3S/c1-11(2)24-15-7-5-14(6-8-15)16(22)9-21-10-20-18-17(19(21)23)12(3)13(4)25-18/h5-8,10-11H,9H2,1-4H3. The molecule has 3 aromatic rings. The maximum absolute atomic E-state index is 12.7. The molecule has 130 valence electrons. The zero-order valence-corrected chi connectivity index (χ0v) is 15.5. The molecule has 25 heavy (non-hydrogen) atoms.